The molecule has 2 heteroatoms. The Balaban J connectivity index is 2.20. The van der Waals surface area contributed by atoms with Gasteiger partial charge in [-0.2, -0.15) is 0 Å². The van der Waals surface area contributed by atoms with Crippen molar-refractivity contribution in [1.29, 1.82) is 0 Å². The molecule has 2 N–H and O–H groups in total. The fourth-order valence-corrected chi connectivity index (χ4v) is 4.05. The first-order chi connectivity index (χ1) is 8.61. The monoisotopic (exact) mass is 309 g/mol. The van der Waals surface area contributed by atoms with Gasteiger partial charge < -0.3 is 5.73 Å². The Morgan fingerprint density at radius 1 is 1.28 bits per heavy atom. The van der Waals surface area contributed by atoms with Crippen LogP contribution in [0.1, 0.15) is 56.2 Å². The Kier molecular flexibility index (Phi) is 4.85. The molecule has 0 spiro atoms. The first-order valence-corrected chi connectivity index (χ1v) is 7.93. The van der Waals surface area contributed by atoms with Gasteiger partial charge in [0.25, 0.3) is 0 Å². The van der Waals surface area contributed by atoms with Crippen molar-refractivity contribution in [2.24, 2.45) is 17.6 Å². The maximum absolute atomic E-state index is 6.55. The van der Waals surface area contributed by atoms with Gasteiger partial charge in [0, 0.05) is 10.5 Å². The lowest BCUT2D eigenvalue weighted by molar-refractivity contribution is 0.196. The van der Waals surface area contributed by atoms with Crippen LogP contribution in [0, 0.1) is 18.8 Å². The zero-order valence-corrected chi connectivity index (χ0v) is 13.0. The van der Waals surface area contributed by atoms with Gasteiger partial charge in [0.15, 0.2) is 0 Å². The number of halogens is 1. The zero-order valence-electron chi connectivity index (χ0n) is 11.5. The lowest BCUT2D eigenvalue weighted by atomic mass is 9.72. The third kappa shape index (κ3) is 3.16. The molecule has 1 aromatic carbocycles. The van der Waals surface area contributed by atoms with E-state index in [4.69, 9.17) is 5.73 Å². The standard InChI is InChI=1S/C16H24BrN/c1-3-12-6-4-5-7-15(12)16(18)13-8-11(2)9-14(17)10-13/h8-10,12,15-16H,3-7,18H2,1-2H3. The Morgan fingerprint density at radius 3 is 2.67 bits per heavy atom. The minimum absolute atomic E-state index is 0.200. The van der Waals surface area contributed by atoms with Crippen LogP contribution < -0.4 is 5.73 Å². The molecular formula is C16H24BrN. The summed E-state index contributed by atoms with van der Waals surface area (Å²) in [6.45, 7) is 4.45. The van der Waals surface area contributed by atoms with Crippen LogP contribution in [-0.4, -0.2) is 0 Å². The van der Waals surface area contributed by atoms with Crippen molar-refractivity contribution >= 4 is 15.9 Å². The molecule has 1 fully saturated rings. The smallest absolute Gasteiger partial charge is 0.0326 e. The predicted octanol–water partition coefficient (Wildman–Crippen LogP) is 4.97. The van der Waals surface area contributed by atoms with E-state index in [9.17, 15) is 0 Å². The molecule has 1 saturated carbocycles. The Labute approximate surface area is 119 Å². The highest BCUT2D eigenvalue weighted by Crippen LogP contribution is 2.39. The van der Waals surface area contributed by atoms with Gasteiger partial charge in [-0.15, -0.1) is 0 Å². The maximum Gasteiger partial charge on any atom is 0.0326 e. The highest BCUT2D eigenvalue weighted by molar-refractivity contribution is 9.10. The van der Waals surface area contributed by atoms with Gasteiger partial charge in [0.05, 0.1) is 0 Å². The molecular weight excluding hydrogens is 286 g/mol. The van der Waals surface area contributed by atoms with Crippen LogP contribution in [0.25, 0.3) is 0 Å². The minimum atomic E-state index is 0.200. The summed E-state index contributed by atoms with van der Waals surface area (Å²) < 4.78 is 1.15. The normalized spacial score (nSPS) is 26.0. The second kappa shape index (κ2) is 6.21. The van der Waals surface area contributed by atoms with E-state index >= 15 is 0 Å². The Hall–Kier alpha value is -0.340. The van der Waals surface area contributed by atoms with Crippen LogP contribution in [0.2, 0.25) is 0 Å². The number of hydrogen-bond acceptors (Lipinski definition) is 1. The van der Waals surface area contributed by atoms with Gasteiger partial charge in [-0.05, 0) is 48.4 Å². The average molecular weight is 310 g/mol. The van der Waals surface area contributed by atoms with Gasteiger partial charge in [-0.1, -0.05) is 54.6 Å². The Bertz CT molecular complexity index is 382. The molecule has 100 valence electrons. The molecule has 0 saturated heterocycles. The molecule has 1 nitrogen and oxygen atoms in total. The summed E-state index contributed by atoms with van der Waals surface area (Å²) in [4.78, 5) is 0. The lowest BCUT2D eigenvalue weighted by Gasteiger charge is -2.35. The van der Waals surface area contributed by atoms with Gasteiger partial charge in [0.2, 0.25) is 0 Å². The Morgan fingerprint density at radius 2 is 2.00 bits per heavy atom. The SMILES string of the molecule is CCC1CCCCC1C(N)c1cc(C)cc(Br)c1. The third-order valence-electron chi connectivity index (χ3n) is 4.40. The summed E-state index contributed by atoms with van der Waals surface area (Å²) in [6, 6.07) is 6.79. The van der Waals surface area contributed by atoms with Crippen molar-refractivity contribution in [3.63, 3.8) is 0 Å². The molecule has 1 aliphatic rings. The maximum atomic E-state index is 6.55. The highest BCUT2D eigenvalue weighted by atomic mass is 79.9. The summed E-state index contributed by atoms with van der Waals surface area (Å²) in [5.74, 6) is 1.48. The quantitative estimate of drug-likeness (QED) is 0.837. The second-order valence-electron chi connectivity index (χ2n) is 5.70. The van der Waals surface area contributed by atoms with Crippen LogP contribution in [0.4, 0.5) is 0 Å². The fraction of sp³-hybridized carbons (Fsp3) is 0.625. The molecule has 2 rings (SSSR count). The van der Waals surface area contributed by atoms with E-state index in [1.54, 1.807) is 0 Å². The van der Waals surface area contributed by atoms with Crippen LogP contribution in [-0.2, 0) is 0 Å². The first kappa shape index (κ1) is 14.1. The third-order valence-corrected chi connectivity index (χ3v) is 4.86. The largest absolute Gasteiger partial charge is 0.324 e. The number of rotatable bonds is 3. The first-order valence-electron chi connectivity index (χ1n) is 7.14. The summed E-state index contributed by atoms with van der Waals surface area (Å²) in [5.41, 5.74) is 9.14. The predicted molar refractivity (Wildman–Crippen MR) is 81.5 cm³/mol. The molecule has 0 aliphatic heterocycles. The highest BCUT2D eigenvalue weighted by Gasteiger charge is 2.29. The fourth-order valence-electron chi connectivity index (χ4n) is 3.42. The molecule has 0 bridgehead atoms. The van der Waals surface area contributed by atoms with Crippen molar-refractivity contribution in [1.82, 2.24) is 0 Å². The zero-order chi connectivity index (χ0) is 13.1. The van der Waals surface area contributed by atoms with Crippen LogP contribution >= 0.6 is 15.9 Å². The summed E-state index contributed by atoms with van der Waals surface area (Å²) in [7, 11) is 0. The molecule has 18 heavy (non-hydrogen) atoms. The summed E-state index contributed by atoms with van der Waals surface area (Å²) >= 11 is 3.58. The van der Waals surface area contributed by atoms with E-state index in [1.165, 1.54) is 43.2 Å². The van der Waals surface area contributed by atoms with Crippen molar-refractivity contribution in [3.05, 3.63) is 33.8 Å². The summed E-state index contributed by atoms with van der Waals surface area (Å²) in [5, 5.41) is 0. The number of hydrogen-bond donors (Lipinski definition) is 1. The van der Waals surface area contributed by atoms with Gasteiger partial charge in [0.1, 0.15) is 0 Å². The van der Waals surface area contributed by atoms with E-state index in [-0.39, 0.29) is 6.04 Å². The van der Waals surface area contributed by atoms with Crippen LogP contribution in [0.15, 0.2) is 22.7 Å². The lowest BCUT2D eigenvalue weighted by Crippen LogP contribution is -2.30. The average Bonchev–Trinajstić information content (AvgIpc) is 2.36. The van der Waals surface area contributed by atoms with Crippen LogP contribution in [0.5, 0.6) is 0 Å². The second-order valence-corrected chi connectivity index (χ2v) is 6.62. The molecule has 1 aromatic rings. The number of nitrogens with two attached hydrogens (primary N) is 1. The molecule has 0 amide bonds. The number of aryl methyl sites for hydroxylation is 1. The minimum Gasteiger partial charge on any atom is -0.324 e. The van der Waals surface area contributed by atoms with Crippen LogP contribution in [0.3, 0.4) is 0 Å². The van der Waals surface area contributed by atoms with Gasteiger partial charge >= 0.3 is 0 Å². The molecule has 0 aromatic heterocycles. The van der Waals surface area contributed by atoms with Crippen molar-refractivity contribution < 1.29 is 0 Å². The summed E-state index contributed by atoms with van der Waals surface area (Å²) in [6.07, 6.45) is 6.67. The van der Waals surface area contributed by atoms with Crippen molar-refractivity contribution in [2.45, 2.75) is 52.0 Å². The number of benzene rings is 1. The molecule has 1 aliphatic carbocycles. The molecule has 3 unspecified atom stereocenters. The molecule has 3 atom stereocenters. The van der Waals surface area contributed by atoms with E-state index in [0.29, 0.717) is 5.92 Å². The van der Waals surface area contributed by atoms with E-state index in [0.717, 1.165) is 10.4 Å². The molecule has 0 radical (unpaired) electrons. The van der Waals surface area contributed by atoms with Gasteiger partial charge in [-0.25, -0.2) is 0 Å². The van der Waals surface area contributed by atoms with Crippen molar-refractivity contribution in [3.8, 4) is 0 Å². The molecule has 0 heterocycles. The van der Waals surface area contributed by atoms with E-state index in [1.807, 2.05) is 0 Å². The van der Waals surface area contributed by atoms with E-state index in [2.05, 4.69) is 48.0 Å². The van der Waals surface area contributed by atoms with E-state index < -0.39 is 0 Å². The van der Waals surface area contributed by atoms with Crippen molar-refractivity contribution in [2.75, 3.05) is 0 Å². The van der Waals surface area contributed by atoms with Gasteiger partial charge in [-0.3, -0.25) is 0 Å². The topological polar surface area (TPSA) is 26.0 Å².